The second kappa shape index (κ2) is 9.76. The summed E-state index contributed by atoms with van der Waals surface area (Å²) in [7, 11) is -1.65. The minimum Gasteiger partial charge on any atom is -0.496 e. The smallest absolute Gasteiger partial charge is 0.191 e. The van der Waals surface area contributed by atoms with Gasteiger partial charge in [0, 0.05) is 12.3 Å². The lowest BCUT2D eigenvalue weighted by atomic mass is 10.2. The SMILES string of the molecule is C=CCn1c(SCCCS(=O)(=O)c2ccccc2)nnc1-c1ccccc1OC. The van der Waals surface area contributed by atoms with E-state index in [0.29, 0.717) is 29.4 Å². The second-order valence-electron chi connectivity index (χ2n) is 6.24. The molecule has 0 spiro atoms. The lowest BCUT2D eigenvalue weighted by Crippen LogP contribution is -2.08. The van der Waals surface area contributed by atoms with Crippen LogP contribution in [0.15, 0.2) is 77.3 Å². The first kappa shape index (κ1) is 21.1. The molecule has 0 bridgehead atoms. The lowest BCUT2D eigenvalue weighted by molar-refractivity contribution is 0.416. The van der Waals surface area contributed by atoms with Crippen molar-refractivity contribution in [2.24, 2.45) is 0 Å². The molecule has 0 amide bonds. The average molecular weight is 430 g/mol. The van der Waals surface area contributed by atoms with E-state index in [9.17, 15) is 8.42 Å². The Bertz CT molecular complexity index is 1060. The lowest BCUT2D eigenvalue weighted by Gasteiger charge is -2.10. The first-order chi connectivity index (χ1) is 14.1. The Hall–Kier alpha value is -2.58. The Labute approximate surface area is 175 Å². The average Bonchev–Trinajstić information content (AvgIpc) is 3.14. The number of sulfone groups is 1. The van der Waals surface area contributed by atoms with Gasteiger partial charge in [0.25, 0.3) is 0 Å². The maximum absolute atomic E-state index is 12.4. The van der Waals surface area contributed by atoms with Crippen LogP contribution in [0.3, 0.4) is 0 Å². The van der Waals surface area contributed by atoms with Crippen molar-refractivity contribution in [3.63, 3.8) is 0 Å². The van der Waals surface area contributed by atoms with Crippen LogP contribution in [0.1, 0.15) is 6.42 Å². The highest BCUT2D eigenvalue weighted by Gasteiger charge is 2.18. The Kier molecular flexibility index (Phi) is 7.11. The van der Waals surface area contributed by atoms with E-state index in [-0.39, 0.29) is 5.75 Å². The molecule has 0 N–H and O–H groups in total. The van der Waals surface area contributed by atoms with Crippen molar-refractivity contribution < 1.29 is 13.2 Å². The van der Waals surface area contributed by atoms with Gasteiger partial charge in [0.15, 0.2) is 20.8 Å². The number of allylic oxidation sites excluding steroid dienone is 1. The third-order valence-corrected chi connectivity index (χ3v) is 7.14. The zero-order valence-electron chi connectivity index (χ0n) is 16.2. The number of rotatable bonds is 10. The Morgan fingerprint density at radius 2 is 1.83 bits per heavy atom. The van der Waals surface area contributed by atoms with Crippen LogP contribution in [0.25, 0.3) is 11.4 Å². The van der Waals surface area contributed by atoms with Crippen LogP contribution in [0, 0.1) is 0 Å². The van der Waals surface area contributed by atoms with E-state index in [4.69, 9.17) is 4.74 Å². The highest BCUT2D eigenvalue weighted by Crippen LogP contribution is 2.31. The zero-order valence-corrected chi connectivity index (χ0v) is 17.8. The highest BCUT2D eigenvalue weighted by atomic mass is 32.2. The minimum atomic E-state index is -3.27. The van der Waals surface area contributed by atoms with Gasteiger partial charge in [-0.3, -0.25) is 4.57 Å². The number of ether oxygens (including phenoxy) is 1. The monoisotopic (exact) mass is 429 g/mol. The van der Waals surface area contributed by atoms with E-state index < -0.39 is 9.84 Å². The van der Waals surface area contributed by atoms with Gasteiger partial charge < -0.3 is 4.74 Å². The number of para-hydroxylation sites is 1. The number of thioether (sulfide) groups is 1. The van der Waals surface area contributed by atoms with Crippen LogP contribution in [0.5, 0.6) is 5.75 Å². The number of aromatic nitrogens is 3. The van der Waals surface area contributed by atoms with Crippen LogP contribution in [0.4, 0.5) is 0 Å². The number of hydrogen-bond acceptors (Lipinski definition) is 6. The summed E-state index contributed by atoms with van der Waals surface area (Å²) < 4.78 is 32.2. The Balaban J connectivity index is 1.70. The molecule has 1 heterocycles. The molecular weight excluding hydrogens is 406 g/mol. The highest BCUT2D eigenvalue weighted by molar-refractivity contribution is 7.99. The first-order valence-corrected chi connectivity index (χ1v) is 11.8. The zero-order chi connectivity index (χ0) is 20.7. The topological polar surface area (TPSA) is 74.1 Å². The predicted molar refractivity (Wildman–Crippen MR) is 116 cm³/mol. The van der Waals surface area contributed by atoms with Crippen LogP contribution >= 0.6 is 11.8 Å². The normalized spacial score (nSPS) is 11.3. The molecule has 0 aliphatic heterocycles. The summed E-state index contributed by atoms with van der Waals surface area (Å²) in [5.41, 5.74) is 0.850. The molecular formula is C21H23N3O3S2. The largest absolute Gasteiger partial charge is 0.496 e. The number of benzene rings is 2. The number of nitrogens with zero attached hydrogens (tertiary/aromatic N) is 3. The third kappa shape index (κ3) is 5.07. The summed E-state index contributed by atoms with van der Waals surface area (Å²) in [6.07, 6.45) is 2.30. The maximum atomic E-state index is 12.4. The molecule has 0 saturated heterocycles. The van der Waals surface area contributed by atoms with Gasteiger partial charge >= 0.3 is 0 Å². The summed E-state index contributed by atoms with van der Waals surface area (Å²) in [5, 5.41) is 9.36. The van der Waals surface area contributed by atoms with E-state index in [0.717, 1.165) is 16.5 Å². The van der Waals surface area contributed by atoms with Crippen molar-refractivity contribution in [1.29, 1.82) is 0 Å². The molecule has 1 aromatic heterocycles. The molecule has 0 aliphatic rings. The van der Waals surface area contributed by atoms with E-state index in [1.54, 1.807) is 43.5 Å². The minimum absolute atomic E-state index is 0.0962. The molecule has 0 aliphatic carbocycles. The van der Waals surface area contributed by atoms with Gasteiger partial charge in [0.1, 0.15) is 5.75 Å². The fraction of sp³-hybridized carbons (Fsp3) is 0.238. The van der Waals surface area contributed by atoms with Crippen molar-refractivity contribution in [2.75, 3.05) is 18.6 Å². The molecule has 0 radical (unpaired) electrons. The molecule has 0 fully saturated rings. The molecule has 2 aromatic carbocycles. The van der Waals surface area contributed by atoms with Gasteiger partial charge in [-0.05, 0) is 30.7 Å². The van der Waals surface area contributed by atoms with Gasteiger partial charge in [0.2, 0.25) is 0 Å². The molecule has 152 valence electrons. The molecule has 0 saturated carbocycles. The van der Waals surface area contributed by atoms with Crippen molar-refractivity contribution in [3.8, 4) is 17.1 Å². The van der Waals surface area contributed by atoms with E-state index in [2.05, 4.69) is 16.8 Å². The number of methoxy groups -OCH3 is 1. The molecule has 8 heteroatoms. The van der Waals surface area contributed by atoms with Gasteiger partial charge in [0.05, 0.1) is 23.3 Å². The summed E-state index contributed by atoms with van der Waals surface area (Å²) >= 11 is 1.49. The van der Waals surface area contributed by atoms with Crippen LogP contribution in [-0.2, 0) is 16.4 Å². The summed E-state index contributed by atoms with van der Waals surface area (Å²) in [6, 6.07) is 16.2. The van der Waals surface area contributed by atoms with Gasteiger partial charge in [-0.1, -0.05) is 48.2 Å². The molecule has 0 unspecified atom stereocenters. The van der Waals surface area contributed by atoms with E-state index in [1.165, 1.54) is 11.8 Å². The molecule has 3 aromatic rings. The first-order valence-electron chi connectivity index (χ1n) is 9.15. The standard InChI is InChI=1S/C21H23N3O3S2/c1-3-14-24-20(18-12-7-8-13-19(18)27-2)22-23-21(24)28-15-9-16-29(25,26)17-10-5-4-6-11-17/h3-8,10-13H,1,9,14-16H2,2H3. The Morgan fingerprint density at radius 1 is 1.10 bits per heavy atom. The van der Waals surface area contributed by atoms with Crippen molar-refractivity contribution in [3.05, 3.63) is 67.3 Å². The molecule has 6 nitrogen and oxygen atoms in total. The summed E-state index contributed by atoms with van der Waals surface area (Å²) in [6.45, 7) is 4.37. The van der Waals surface area contributed by atoms with Crippen LogP contribution in [-0.4, -0.2) is 41.8 Å². The van der Waals surface area contributed by atoms with Gasteiger partial charge in [-0.2, -0.15) is 0 Å². The fourth-order valence-electron chi connectivity index (χ4n) is 2.88. The van der Waals surface area contributed by atoms with E-state index >= 15 is 0 Å². The summed E-state index contributed by atoms with van der Waals surface area (Å²) in [5.74, 6) is 2.13. The Morgan fingerprint density at radius 3 is 2.55 bits per heavy atom. The second-order valence-corrected chi connectivity index (χ2v) is 9.41. The predicted octanol–water partition coefficient (Wildman–Crippen LogP) is 4.10. The van der Waals surface area contributed by atoms with Gasteiger partial charge in [-0.25, -0.2) is 8.42 Å². The van der Waals surface area contributed by atoms with Crippen molar-refractivity contribution in [1.82, 2.24) is 14.8 Å². The maximum Gasteiger partial charge on any atom is 0.191 e. The quantitative estimate of drug-likeness (QED) is 0.274. The van der Waals surface area contributed by atoms with Crippen LogP contribution in [0.2, 0.25) is 0 Å². The van der Waals surface area contributed by atoms with Gasteiger partial charge in [-0.15, -0.1) is 16.8 Å². The molecule has 3 rings (SSSR count). The van der Waals surface area contributed by atoms with Crippen LogP contribution < -0.4 is 4.74 Å². The molecule has 0 atom stereocenters. The number of hydrogen-bond donors (Lipinski definition) is 0. The van der Waals surface area contributed by atoms with Crippen molar-refractivity contribution >= 4 is 21.6 Å². The third-order valence-electron chi connectivity index (χ3n) is 4.27. The van der Waals surface area contributed by atoms with Crippen molar-refractivity contribution in [2.45, 2.75) is 23.0 Å². The summed E-state index contributed by atoms with van der Waals surface area (Å²) in [4.78, 5) is 0.360. The van der Waals surface area contributed by atoms with E-state index in [1.807, 2.05) is 28.8 Å². The fourth-order valence-corrected chi connectivity index (χ4v) is 5.28. The molecule has 29 heavy (non-hydrogen) atoms.